The van der Waals surface area contributed by atoms with Crippen molar-refractivity contribution in [3.8, 4) is 0 Å². The third-order valence-corrected chi connectivity index (χ3v) is 5.39. The van der Waals surface area contributed by atoms with Gasteiger partial charge in [-0.25, -0.2) is 0 Å². The van der Waals surface area contributed by atoms with Gasteiger partial charge in [0.05, 0.1) is 16.0 Å². The van der Waals surface area contributed by atoms with Crippen LogP contribution in [0, 0.1) is 0 Å². The number of nitrogens with two attached hydrogens (primary N) is 1. The van der Waals surface area contributed by atoms with Crippen LogP contribution in [0.5, 0.6) is 0 Å². The topological polar surface area (TPSA) is 106 Å². The van der Waals surface area contributed by atoms with Gasteiger partial charge in [-0.2, -0.15) is 26.7 Å². The zero-order valence-electron chi connectivity index (χ0n) is 15.8. The summed E-state index contributed by atoms with van der Waals surface area (Å²) in [6.07, 6.45) is 0.343. The fraction of sp³-hybridized carbons (Fsp3) is 0.200. The number of halogens is 1. The van der Waals surface area contributed by atoms with Gasteiger partial charge in [0, 0.05) is 17.9 Å². The molecule has 7 nitrogen and oxygen atoms in total. The number of nitrogens with one attached hydrogen (secondary N) is 2. The number of hydrogen-bond donors (Lipinski definition) is 3. The van der Waals surface area contributed by atoms with Gasteiger partial charge >= 0.3 is 0 Å². The van der Waals surface area contributed by atoms with Crippen LogP contribution in [-0.2, 0) is 4.79 Å². The zero-order chi connectivity index (χ0) is 20.6. The van der Waals surface area contributed by atoms with Crippen LogP contribution in [0.1, 0.15) is 24.4 Å². The lowest BCUT2D eigenvalue weighted by molar-refractivity contribution is -0.115. The van der Waals surface area contributed by atoms with Crippen molar-refractivity contribution in [2.24, 2.45) is 0 Å². The van der Waals surface area contributed by atoms with E-state index in [1.165, 1.54) is 0 Å². The number of amides is 1. The van der Waals surface area contributed by atoms with Crippen molar-refractivity contribution in [3.63, 3.8) is 0 Å². The minimum Gasteiger partial charge on any atom is -0.368 e. The molecule has 0 spiro atoms. The Balaban J connectivity index is 1.54. The summed E-state index contributed by atoms with van der Waals surface area (Å²) in [5, 5.41) is 6.40. The Morgan fingerprint density at radius 3 is 2.59 bits per heavy atom. The number of para-hydroxylation sites is 2. The summed E-state index contributed by atoms with van der Waals surface area (Å²) < 4.78 is 0. The lowest BCUT2D eigenvalue weighted by atomic mass is 10.3. The maximum absolute atomic E-state index is 12.1. The highest BCUT2D eigenvalue weighted by atomic mass is 35.5. The van der Waals surface area contributed by atoms with Crippen LogP contribution >= 0.6 is 23.4 Å². The van der Waals surface area contributed by atoms with Gasteiger partial charge in [0.1, 0.15) is 5.82 Å². The molecule has 3 aromatic rings. The smallest absolute Gasteiger partial charge is 0.232 e. The predicted molar refractivity (Wildman–Crippen MR) is 120 cm³/mol. The molecule has 9 heteroatoms. The molecule has 1 atom stereocenters. The lowest BCUT2D eigenvalue weighted by Gasteiger charge is -2.12. The Labute approximate surface area is 178 Å². The zero-order valence-corrected chi connectivity index (χ0v) is 17.4. The predicted octanol–water partition coefficient (Wildman–Crippen LogP) is 4.67. The van der Waals surface area contributed by atoms with Crippen LogP contribution in [0.4, 0.5) is 23.3 Å². The van der Waals surface area contributed by atoms with Gasteiger partial charge in [-0.05, 0) is 31.2 Å². The van der Waals surface area contributed by atoms with E-state index < -0.39 is 0 Å². The number of nitrogens with zero attached hydrogens (tertiary/aromatic N) is 3. The van der Waals surface area contributed by atoms with E-state index in [9.17, 15) is 4.79 Å². The highest BCUT2D eigenvalue weighted by Gasteiger charge is 2.14. The molecule has 4 N–H and O–H groups in total. The van der Waals surface area contributed by atoms with Gasteiger partial charge in [-0.3, -0.25) is 4.79 Å². The number of aromatic nitrogens is 3. The molecule has 0 fully saturated rings. The number of benzene rings is 2. The summed E-state index contributed by atoms with van der Waals surface area (Å²) in [4.78, 5) is 25.0. The van der Waals surface area contributed by atoms with Crippen molar-refractivity contribution >= 4 is 52.5 Å². The van der Waals surface area contributed by atoms with E-state index in [1.54, 1.807) is 23.9 Å². The molecule has 0 aliphatic carbocycles. The highest BCUT2D eigenvalue weighted by molar-refractivity contribution is 7.99. The van der Waals surface area contributed by atoms with E-state index in [4.69, 9.17) is 17.3 Å². The molecule has 0 saturated carbocycles. The van der Waals surface area contributed by atoms with Gasteiger partial charge in [-0.15, -0.1) is 0 Å². The van der Waals surface area contributed by atoms with Crippen molar-refractivity contribution in [2.45, 2.75) is 18.6 Å². The first kappa shape index (κ1) is 20.9. The number of hydrogen-bond acceptors (Lipinski definition) is 7. The molecule has 29 heavy (non-hydrogen) atoms. The highest BCUT2D eigenvalue weighted by Crippen LogP contribution is 2.28. The van der Waals surface area contributed by atoms with E-state index in [2.05, 4.69) is 25.6 Å². The third-order valence-electron chi connectivity index (χ3n) is 3.91. The molecular weight excluding hydrogens is 408 g/mol. The molecule has 1 aromatic heterocycles. The summed E-state index contributed by atoms with van der Waals surface area (Å²) in [6, 6.07) is 16.7. The van der Waals surface area contributed by atoms with Crippen molar-refractivity contribution in [1.82, 2.24) is 15.0 Å². The molecule has 0 aliphatic rings. The number of thioether (sulfide) groups is 1. The monoisotopic (exact) mass is 428 g/mol. The van der Waals surface area contributed by atoms with Crippen molar-refractivity contribution < 1.29 is 4.79 Å². The minimum absolute atomic E-state index is 0.0512. The Bertz CT molecular complexity index is 972. The molecule has 1 amide bonds. The van der Waals surface area contributed by atoms with E-state index >= 15 is 0 Å². The lowest BCUT2D eigenvalue weighted by Crippen LogP contribution is -2.13. The maximum Gasteiger partial charge on any atom is 0.232 e. The summed E-state index contributed by atoms with van der Waals surface area (Å²) in [6.45, 7) is 1.97. The number of rotatable bonds is 8. The summed E-state index contributed by atoms with van der Waals surface area (Å²) in [5.74, 6) is 1.61. The first-order chi connectivity index (χ1) is 14.0. The molecule has 150 valence electrons. The first-order valence-corrected chi connectivity index (χ1v) is 10.4. The third kappa shape index (κ3) is 6.33. The van der Waals surface area contributed by atoms with Gasteiger partial charge in [0.2, 0.25) is 17.8 Å². The van der Waals surface area contributed by atoms with E-state index in [1.807, 2.05) is 49.4 Å². The minimum atomic E-state index is -0.0978. The largest absolute Gasteiger partial charge is 0.368 e. The Morgan fingerprint density at radius 1 is 1.10 bits per heavy atom. The van der Waals surface area contributed by atoms with Gasteiger partial charge in [-0.1, -0.05) is 41.9 Å². The fourth-order valence-corrected chi connectivity index (χ4v) is 3.57. The van der Waals surface area contributed by atoms with Gasteiger partial charge in [0.25, 0.3) is 0 Å². The van der Waals surface area contributed by atoms with Crippen molar-refractivity contribution in [3.05, 3.63) is 65.4 Å². The first-order valence-electron chi connectivity index (χ1n) is 9.01. The second kappa shape index (κ2) is 10.1. The number of nitrogen functional groups attached to an aromatic ring is 1. The van der Waals surface area contributed by atoms with Crippen LogP contribution in [0.2, 0.25) is 5.02 Å². The van der Waals surface area contributed by atoms with Crippen LogP contribution in [0.15, 0.2) is 54.6 Å². The average Bonchev–Trinajstić information content (AvgIpc) is 2.70. The quantitative estimate of drug-likeness (QED) is 0.478. The van der Waals surface area contributed by atoms with Crippen LogP contribution in [-0.4, -0.2) is 26.6 Å². The molecule has 0 aliphatic heterocycles. The van der Waals surface area contributed by atoms with Crippen molar-refractivity contribution in [2.75, 3.05) is 22.1 Å². The maximum atomic E-state index is 12.1. The average molecular weight is 429 g/mol. The molecule has 3 rings (SSSR count). The second-order valence-corrected chi connectivity index (χ2v) is 8.01. The molecule has 0 saturated heterocycles. The van der Waals surface area contributed by atoms with E-state index in [0.717, 1.165) is 5.69 Å². The number of carbonyl (C=O) groups is 1. The fourth-order valence-electron chi connectivity index (χ4n) is 2.48. The van der Waals surface area contributed by atoms with Crippen LogP contribution in [0.25, 0.3) is 0 Å². The Hall–Kier alpha value is -2.84. The van der Waals surface area contributed by atoms with Crippen molar-refractivity contribution in [1.29, 1.82) is 0 Å². The summed E-state index contributed by atoms with van der Waals surface area (Å²) in [7, 11) is 0. The number of anilines is 4. The molecule has 1 heterocycles. The van der Waals surface area contributed by atoms with Gasteiger partial charge < -0.3 is 16.4 Å². The Morgan fingerprint density at radius 2 is 1.83 bits per heavy atom. The van der Waals surface area contributed by atoms with Crippen LogP contribution < -0.4 is 16.4 Å². The Kier molecular flexibility index (Phi) is 7.26. The normalized spacial score (nSPS) is 11.7. The molecule has 0 bridgehead atoms. The molecular formula is C20H21ClN6OS. The van der Waals surface area contributed by atoms with E-state index in [-0.39, 0.29) is 17.1 Å². The summed E-state index contributed by atoms with van der Waals surface area (Å²) >= 11 is 7.63. The standard InChI is InChI=1S/C20H21ClN6OS/c1-13(29-12-11-17(28)24-16-10-6-5-9-15(16)21)18-25-19(22)27-20(26-18)23-14-7-3-2-4-8-14/h2-10,13H,11-12H2,1H3,(H,24,28)(H3,22,23,25,26,27)/t13-/m1/s1. The van der Waals surface area contributed by atoms with Gasteiger partial charge in [0.15, 0.2) is 0 Å². The molecule has 0 radical (unpaired) electrons. The number of carbonyl (C=O) groups excluding carboxylic acids is 1. The summed E-state index contributed by atoms with van der Waals surface area (Å²) in [5.41, 5.74) is 7.31. The van der Waals surface area contributed by atoms with E-state index in [0.29, 0.717) is 34.7 Å². The molecule has 0 unspecified atom stereocenters. The van der Waals surface area contributed by atoms with Crippen LogP contribution in [0.3, 0.4) is 0 Å². The second-order valence-electron chi connectivity index (χ2n) is 6.16. The SMILES string of the molecule is C[C@@H](SCCC(=O)Nc1ccccc1Cl)c1nc(N)nc(Nc2ccccc2)n1. The molecule has 2 aromatic carbocycles.